The predicted molar refractivity (Wildman–Crippen MR) is 94.6 cm³/mol. The molecule has 1 fully saturated rings. The Hall–Kier alpha value is -2.54. The molecule has 3 rings (SSSR count). The highest BCUT2D eigenvalue weighted by atomic mass is 32.2. The van der Waals surface area contributed by atoms with Crippen LogP contribution in [0.4, 0.5) is 14.6 Å². The van der Waals surface area contributed by atoms with Crippen molar-refractivity contribution in [2.45, 2.75) is 49.5 Å². The van der Waals surface area contributed by atoms with Gasteiger partial charge in [0.05, 0.1) is 4.90 Å². The Morgan fingerprint density at radius 1 is 1.30 bits per heavy atom. The van der Waals surface area contributed by atoms with E-state index in [2.05, 4.69) is 15.4 Å². The van der Waals surface area contributed by atoms with E-state index in [1.807, 2.05) is 6.07 Å². The molecule has 2 heterocycles. The van der Waals surface area contributed by atoms with Crippen LogP contribution < -0.4 is 5.32 Å². The van der Waals surface area contributed by atoms with Gasteiger partial charge in [0.25, 0.3) is 6.43 Å². The maximum Gasteiger partial charge on any atom is 0.283 e. The van der Waals surface area contributed by atoms with Gasteiger partial charge in [-0.3, -0.25) is 0 Å². The molecule has 0 aliphatic heterocycles. The van der Waals surface area contributed by atoms with E-state index >= 15 is 0 Å². The Morgan fingerprint density at radius 2 is 2.00 bits per heavy atom. The number of pyridine rings is 1. The number of rotatable bonds is 5. The first-order valence-electron chi connectivity index (χ1n) is 8.55. The van der Waals surface area contributed by atoms with Crippen LogP contribution in [0.25, 0.3) is 5.82 Å². The monoisotopic (exact) mass is 395 g/mol. The zero-order chi connectivity index (χ0) is 19.6. The smallest absolute Gasteiger partial charge is 0.283 e. The molecule has 0 saturated heterocycles. The largest absolute Gasteiger partial charge is 0.366 e. The molecule has 2 aromatic rings. The van der Waals surface area contributed by atoms with Crippen molar-refractivity contribution in [3.8, 4) is 11.9 Å². The number of nitrogens with zero attached hydrogens (tertiary/aromatic N) is 4. The fraction of sp³-hybridized carbons (Fsp3) is 0.471. The molecule has 10 heteroatoms. The molecule has 0 bridgehead atoms. The molecule has 1 saturated carbocycles. The van der Waals surface area contributed by atoms with Crippen LogP contribution >= 0.6 is 0 Å². The van der Waals surface area contributed by atoms with Gasteiger partial charge in [-0.2, -0.15) is 15.0 Å². The third-order valence-corrected chi connectivity index (χ3v) is 5.64. The fourth-order valence-electron chi connectivity index (χ4n) is 3.15. The van der Waals surface area contributed by atoms with Gasteiger partial charge in [0.1, 0.15) is 23.1 Å². The summed E-state index contributed by atoms with van der Waals surface area (Å²) in [6.45, 7) is 0. The lowest BCUT2D eigenvalue weighted by Crippen LogP contribution is -2.24. The molecule has 0 unspecified atom stereocenters. The van der Waals surface area contributed by atoms with Gasteiger partial charge in [0.15, 0.2) is 15.7 Å². The second-order valence-electron chi connectivity index (χ2n) is 6.54. The minimum absolute atomic E-state index is 0.00906. The number of nitrogens with one attached hydrogen (secondary N) is 1. The number of alkyl halides is 2. The van der Waals surface area contributed by atoms with Crippen molar-refractivity contribution in [3.63, 3.8) is 0 Å². The zero-order valence-corrected chi connectivity index (χ0v) is 15.5. The van der Waals surface area contributed by atoms with E-state index in [-0.39, 0.29) is 28.1 Å². The summed E-state index contributed by atoms with van der Waals surface area (Å²) in [7, 11) is -3.44. The van der Waals surface area contributed by atoms with Crippen LogP contribution in [0.3, 0.4) is 0 Å². The van der Waals surface area contributed by atoms with Crippen molar-refractivity contribution in [2.24, 2.45) is 0 Å². The van der Waals surface area contributed by atoms with Crippen molar-refractivity contribution >= 4 is 15.7 Å². The summed E-state index contributed by atoms with van der Waals surface area (Å²) >= 11 is 0. The third-order valence-electron chi connectivity index (χ3n) is 4.54. The number of hydrogen-bond acceptors (Lipinski definition) is 6. The topological polar surface area (TPSA) is 101 Å². The Kier molecular flexibility index (Phi) is 5.41. The number of aromatic nitrogens is 3. The van der Waals surface area contributed by atoms with E-state index < -0.39 is 22.0 Å². The summed E-state index contributed by atoms with van der Waals surface area (Å²) in [6.07, 6.45) is 4.21. The van der Waals surface area contributed by atoms with Crippen molar-refractivity contribution < 1.29 is 17.2 Å². The van der Waals surface area contributed by atoms with Crippen LogP contribution in [0.1, 0.15) is 49.8 Å². The predicted octanol–water partition coefficient (Wildman–Crippen LogP) is 3.22. The van der Waals surface area contributed by atoms with Crippen molar-refractivity contribution in [2.75, 3.05) is 11.6 Å². The molecule has 0 amide bonds. The van der Waals surface area contributed by atoms with E-state index in [1.165, 1.54) is 12.1 Å². The number of anilines is 1. The summed E-state index contributed by atoms with van der Waals surface area (Å²) in [5.74, 6) is 0.323. The number of halogens is 2. The highest BCUT2D eigenvalue weighted by Crippen LogP contribution is 2.31. The van der Waals surface area contributed by atoms with Gasteiger partial charge in [-0.05, 0) is 25.0 Å². The molecular formula is C17H19F2N5O2S. The zero-order valence-electron chi connectivity index (χ0n) is 14.7. The minimum atomic E-state index is -3.44. The average molecular weight is 395 g/mol. The molecule has 0 spiro atoms. The second kappa shape index (κ2) is 7.60. The van der Waals surface area contributed by atoms with E-state index in [9.17, 15) is 22.5 Å². The summed E-state index contributed by atoms with van der Waals surface area (Å²) < 4.78 is 51.1. The van der Waals surface area contributed by atoms with Crippen molar-refractivity contribution in [1.82, 2.24) is 14.8 Å². The van der Waals surface area contributed by atoms with Gasteiger partial charge in [0.2, 0.25) is 0 Å². The summed E-state index contributed by atoms with van der Waals surface area (Å²) in [6, 6.07) is 4.58. The van der Waals surface area contributed by atoms with Gasteiger partial charge < -0.3 is 5.32 Å². The third kappa shape index (κ3) is 4.08. The Balaban J connectivity index is 2.06. The lowest BCUT2D eigenvalue weighted by atomic mass is 9.95. The van der Waals surface area contributed by atoms with E-state index in [0.29, 0.717) is 0 Å². The molecule has 1 aliphatic rings. The van der Waals surface area contributed by atoms with Gasteiger partial charge in [0, 0.05) is 18.5 Å². The fourth-order valence-corrected chi connectivity index (χ4v) is 3.71. The van der Waals surface area contributed by atoms with Crippen molar-refractivity contribution in [1.29, 1.82) is 5.26 Å². The van der Waals surface area contributed by atoms with E-state index in [0.717, 1.165) is 49.2 Å². The first-order chi connectivity index (χ1) is 12.8. The van der Waals surface area contributed by atoms with Gasteiger partial charge >= 0.3 is 0 Å². The first-order valence-corrected chi connectivity index (χ1v) is 10.4. The van der Waals surface area contributed by atoms with Gasteiger partial charge in [-0.1, -0.05) is 19.3 Å². The van der Waals surface area contributed by atoms with Crippen LogP contribution in [0.15, 0.2) is 23.2 Å². The number of hydrogen-bond donors (Lipinski definition) is 1. The second-order valence-corrected chi connectivity index (χ2v) is 8.55. The summed E-state index contributed by atoms with van der Waals surface area (Å²) in [5.41, 5.74) is -0.839. The lowest BCUT2D eigenvalue weighted by Gasteiger charge is -2.24. The maximum atomic E-state index is 13.4. The quantitative estimate of drug-likeness (QED) is 0.834. The highest BCUT2D eigenvalue weighted by Gasteiger charge is 2.27. The summed E-state index contributed by atoms with van der Waals surface area (Å²) in [4.78, 5) is 4.05. The molecule has 2 aromatic heterocycles. The Labute approximate surface area is 155 Å². The minimum Gasteiger partial charge on any atom is -0.366 e. The Bertz CT molecular complexity index is 958. The molecule has 0 aromatic carbocycles. The van der Waals surface area contributed by atoms with E-state index in [4.69, 9.17) is 0 Å². The van der Waals surface area contributed by atoms with Crippen LogP contribution in [0.5, 0.6) is 0 Å². The number of nitriles is 1. The first kappa shape index (κ1) is 19.2. The average Bonchev–Trinajstić information content (AvgIpc) is 3.00. The Morgan fingerprint density at radius 3 is 2.52 bits per heavy atom. The molecular weight excluding hydrogens is 376 g/mol. The van der Waals surface area contributed by atoms with E-state index in [1.54, 1.807) is 0 Å². The molecule has 7 nitrogen and oxygen atoms in total. The lowest BCUT2D eigenvalue weighted by molar-refractivity contribution is 0.145. The molecule has 144 valence electrons. The maximum absolute atomic E-state index is 13.4. The highest BCUT2D eigenvalue weighted by molar-refractivity contribution is 7.90. The van der Waals surface area contributed by atoms with Crippen LogP contribution in [0.2, 0.25) is 0 Å². The molecule has 0 radical (unpaired) electrons. The van der Waals surface area contributed by atoms with Crippen LogP contribution in [0, 0.1) is 11.3 Å². The van der Waals surface area contributed by atoms with Crippen LogP contribution in [-0.2, 0) is 9.84 Å². The van der Waals surface area contributed by atoms with Crippen molar-refractivity contribution in [3.05, 3.63) is 29.6 Å². The molecule has 1 N–H and O–H groups in total. The normalized spacial score (nSPS) is 15.7. The van der Waals surface area contributed by atoms with Gasteiger partial charge in [-0.15, -0.1) is 0 Å². The summed E-state index contributed by atoms with van der Waals surface area (Å²) in [5, 5.41) is 16.5. The standard InChI is InChI=1S/C17H19F2N5O2S/c1-27(25,26)12-7-8-14(21-10-12)24-17(22-11-5-3-2-4-6-11)13(9-20)15(23-24)16(18)19/h7-8,10-11,16,22H,2-6H2,1H3. The molecule has 0 atom stereocenters. The number of sulfone groups is 1. The molecule has 27 heavy (non-hydrogen) atoms. The van der Waals surface area contributed by atoms with Crippen LogP contribution in [-0.4, -0.2) is 35.5 Å². The molecule has 1 aliphatic carbocycles. The SMILES string of the molecule is CS(=O)(=O)c1ccc(-n2nc(C(F)F)c(C#N)c2NC2CCCCC2)nc1. The van der Waals surface area contributed by atoms with Gasteiger partial charge in [-0.25, -0.2) is 22.2 Å².